The van der Waals surface area contributed by atoms with Gasteiger partial charge in [0.05, 0.1) is 27.4 Å². The summed E-state index contributed by atoms with van der Waals surface area (Å²) in [5.74, 6) is 0.984. The van der Waals surface area contributed by atoms with E-state index >= 15 is 0 Å². The van der Waals surface area contributed by atoms with Gasteiger partial charge in [0.15, 0.2) is 11.5 Å². The molecule has 0 aliphatic rings. The summed E-state index contributed by atoms with van der Waals surface area (Å²) >= 11 is 0. The Morgan fingerprint density at radius 2 is 2.05 bits per heavy atom. The van der Waals surface area contributed by atoms with E-state index in [4.69, 9.17) is 14.2 Å². The average Bonchev–Trinajstić information content (AvgIpc) is 2.46. The molecule has 0 N–H and O–H groups in total. The van der Waals surface area contributed by atoms with Crippen LogP contribution in [0.1, 0.15) is 19.5 Å². The SMILES string of the molecule is CCOC(=O)CN(CC)Cc1nccc(OC)c1OC. The highest BCUT2D eigenvalue weighted by atomic mass is 16.5. The van der Waals surface area contributed by atoms with Gasteiger partial charge in [-0.2, -0.15) is 0 Å². The highest BCUT2D eigenvalue weighted by Crippen LogP contribution is 2.29. The summed E-state index contributed by atoms with van der Waals surface area (Å²) in [5, 5.41) is 0. The minimum atomic E-state index is -0.240. The van der Waals surface area contributed by atoms with Crippen LogP contribution in [0.4, 0.5) is 0 Å². The molecule has 6 heteroatoms. The molecule has 0 aliphatic carbocycles. The minimum absolute atomic E-state index is 0.229. The van der Waals surface area contributed by atoms with Crippen molar-refractivity contribution in [2.45, 2.75) is 20.4 Å². The summed E-state index contributed by atoms with van der Waals surface area (Å²) in [6.45, 7) is 5.59. The zero-order valence-corrected chi connectivity index (χ0v) is 12.5. The van der Waals surface area contributed by atoms with Gasteiger partial charge in [0.25, 0.3) is 0 Å². The molecule has 0 amide bonds. The van der Waals surface area contributed by atoms with Crippen LogP contribution in [0.15, 0.2) is 12.3 Å². The van der Waals surface area contributed by atoms with Crippen LogP contribution in [-0.4, -0.2) is 49.8 Å². The van der Waals surface area contributed by atoms with Crippen molar-refractivity contribution in [2.75, 3.05) is 33.9 Å². The van der Waals surface area contributed by atoms with Gasteiger partial charge in [-0.15, -0.1) is 0 Å². The number of rotatable bonds is 8. The summed E-state index contributed by atoms with van der Waals surface area (Å²) in [5.41, 5.74) is 0.734. The van der Waals surface area contributed by atoms with Crippen LogP contribution in [0.25, 0.3) is 0 Å². The minimum Gasteiger partial charge on any atom is -0.493 e. The summed E-state index contributed by atoms with van der Waals surface area (Å²) in [6.07, 6.45) is 1.66. The molecule has 0 spiro atoms. The van der Waals surface area contributed by atoms with Gasteiger partial charge in [-0.3, -0.25) is 14.7 Å². The third-order valence-electron chi connectivity index (χ3n) is 2.84. The van der Waals surface area contributed by atoms with Gasteiger partial charge in [0.2, 0.25) is 0 Å². The Morgan fingerprint density at radius 1 is 1.30 bits per heavy atom. The lowest BCUT2D eigenvalue weighted by Crippen LogP contribution is -2.31. The maximum absolute atomic E-state index is 11.5. The molecule has 1 aromatic rings. The molecule has 0 fully saturated rings. The van der Waals surface area contributed by atoms with Crippen LogP contribution >= 0.6 is 0 Å². The van der Waals surface area contributed by atoms with Gasteiger partial charge in [-0.1, -0.05) is 6.92 Å². The van der Waals surface area contributed by atoms with Crippen molar-refractivity contribution in [1.82, 2.24) is 9.88 Å². The predicted octanol–water partition coefficient (Wildman–Crippen LogP) is 1.48. The number of carbonyl (C=O) groups excluding carboxylic acids is 1. The van der Waals surface area contributed by atoms with Gasteiger partial charge >= 0.3 is 5.97 Å². The second-order valence-electron chi connectivity index (χ2n) is 4.10. The zero-order chi connectivity index (χ0) is 15.0. The summed E-state index contributed by atoms with van der Waals surface area (Å²) in [7, 11) is 3.16. The first-order valence-corrected chi connectivity index (χ1v) is 6.60. The van der Waals surface area contributed by atoms with Crippen molar-refractivity contribution in [3.05, 3.63) is 18.0 Å². The summed E-state index contributed by atoms with van der Waals surface area (Å²) in [4.78, 5) is 17.8. The molecular weight excluding hydrogens is 260 g/mol. The lowest BCUT2D eigenvalue weighted by Gasteiger charge is -2.20. The lowest BCUT2D eigenvalue weighted by molar-refractivity contribution is -0.144. The van der Waals surface area contributed by atoms with E-state index in [1.165, 1.54) is 0 Å². The van der Waals surface area contributed by atoms with Crippen LogP contribution < -0.4 is 9.47 Å². The molecule has 0 atom stereocenters. The normalized spacial score (nSPS) is 10.4. The Balaban J connectivity index is 2.81. The second kappa shape index (κ2) is 8.37. The fraction of sp³-hybridized carbons (Fsp3) is 0.571. The van der Waals surface area contributed by atoms with E-state index in [1.807, 2.05) is 11.8 Å². The Hall–Kier alpha value is -1.82. The molecule has 0 saturated heterocycles. The number of likely N-dealkylation sites (N-methyl/N-ethyl adjacent to an activating group) is 1. The third kappa shape index (κ3) is 4.38. The highest BCUT2D eigenvalue weighted by molar-refractivity contribution is 5.71. The quantitative estimate of drug-likeness (QED) is 0.673. The fourth-order valence-electron chi connectivity index (χ4n) is 1.84. The Labute approximate surface area is 119 Å². The zero-order valence-electron chi connectivity index (χ0n) is 12.5. The smallest absolute Gasteiger partial charge is 0.320 e. The standard InChI is InChI=1S/C14H22N2O4/c1-5-16(10-13(17)20-6-2)9-11-14(19-4)12(18-3)7-8-15-11/h7-8H,5-6,9-10H2,1-4H3. The van der Waals surface area contributed by atoms with Crippen LogP contribution in [0.3, 0.4) is 0 Å². The molecule has 0 aromatic carbocycles. The largest absolute Gasteiger partial charge is 0.493 e. The summed E-state index contributed by atoms with van der Waals surface area (Å²) < 4.78 is 15.5. The Kier molecular flexibility index (Phi) is 6.79. The van der Waals surface area contributed by atoms with Crippen LogP contribution in [0, 0.1) is 0 Å². The average molecular weight is 282 g/mol. The van der Waals surface area contributed by atoms with Crippen LogP contribution in [-0.2, 0) is 16.1 Å². The first-order chi connectivity index (χ1) is 9.65. The fourth-order valence-corrected chi connectivity index (χ4v) is 1.84. The number of methoxy groups -OCH3 is 2. The first-order valence-electron chi connectivity index (χ1n) is 6.60. The Bertz CT molecular complexity index is 437. The van der Waals surface area contributed by atoms with E-state index in [1.54, 1.807) is 33.4 Å². The molecule has 1 heterocycles. The monoisotopic (exact) mass is 282 g/mol. The number of aromatic nitrogens is 1. The van der Waals surface area contributed by atoms with Gasteiger partial charge in [0.1, 0.15) is 5.69 Å². The molecule has 0 bridgehead atoms. The summed E-state index contributed by atoms with van der Waals surface area (Å²) in [6, 6.07) is 1.74. The van der Waals surface area contributed by atoms with Gasteiger partial charge in [-0.25, -0.2) is 0 Å². The van der Waals surface area contributed by atoms with E-state index in [9.17, 15) is 4.79 Å². The highest BCUT2D eigenvalue weighted by Gasteiger charge is 2.16. The molecule has 1 aromatic heterocycles. The second-order valence-corrected chi connectivity index (χ2v) is 4.10. The number of esters is 1. The number of carbonyl (C=O) groups is 1. The van der Waals surface area contributed by atoms with E-state index in [2.05, 4.69) is 4.98 Å². The topological polar surface area (TPSA) is 60.9 Å². The van der Waals surface area contributed by atoms with Gasteiger partial charge < -0.3 is 14.2 Å². The first kappa shape index (κ1) is 16.2. The number of nitrogens with zero attached hydrogens (tertiary/aromatic N) is 2. The van der Waals surface area contributed by atoms with Crippen molar-refractivity contribution in [3.8, 4) is 11.5 Å². The van der Waals surface area contributed by atoms with Crippen molar-refractivity contribution >= 4 is 5.97 Å². The van der Waals surface area contributed by atoms with Crippen LogP contribution in [0.5, 0.6) is 11.5 Å². The van der Waals surface area contributed by atoms with Crippen molar-refractivity contribution in [3.63, 3.8) is 0 Å². The molecule has 20 heavy (non-hydrogen) atoms. The number of pyridine rings is 1. The van der Waals surface area contributed by atoms with E-state index in [0.717, 1.165) is 5.69 Å². The lowest BCUT2D eigenvalue weighted by atomic mass is 10.2. The molecule has 0 radical (unpaired) electrons. The predicted molar refractivity (Wildman–Crippen MR) is 74.9 cm³/mol. The molecule has 0 unspecified atom stereocenters. The van der Waals surface area contributed by atoms with E-state index in [0.29, 0.717) is 31.2 Å². The molecule has 1 rings (SSSR count). The van der Waals surface area contributed by atoms with Crippen molar-refractivity contribution in [2.24, 2.45) is 0 Å². The maximum atomic E-state index is 11.5. The van der Waals surface area contributed by atoms with Crippen molar-refractivity contribution < 1.29 is 19.0 Å². The maximum Gasteiger partial charge on any atom is 0.320 e. The van der Waals surface area contributed by atoms with E-state index in [-0.39, 0.29) is 12.5 Å². The van der Waals surface area contributed by atoms with Gasteiger partial charge in [-0.05, 0) is 13.5 Å². The number of hydrogen-bond acceptors (Lipinski definition) is 6. The molecule has 0 saturated carbocycles. The Morgan fingerprint density at radius 3 is 2.60 bits per heavy atom. The van der Waals surface area contributed by atoms with Gasteiger partial charge in [0, 0.05) is 18.8 Å². The number of hydrogen-bond donors (Lipinski definition) is 0. The van der Waals surface area contributed by atoms with Crippen molar-refractivity contribution in [1.29, 1.82) is 0 Å². The van der Waals surface area contributed by atoms with E-state index < -0.39 is 0 Å². The molecule has 6 nitrogen and oxygen atoms in total. The number of ether oxygens (including phenoxy) is 3. The molecule has 112 valence electrons. The molecule has 0 aliphatic heterocycles. The van der Waals surface area contributed by atoms with Crippen LogP contribution in [0.2, 0.25) is 0 Å². The third-order valence-corrected chi connectivity index (χ3v) is 2.84. The molecular formula is C14H22N2O4.